The Hall–Kier alpha value is -1.51. The van der Waals surface area contributed by atoms with Gasteiger partial charge in [-0.05, 0) is 49.9 Å². The lowest BCUT2D eigenvalue weighted by atomic mass is 10.1. The molecule has 1 amide bonds. The van der Waals surface area contributed by atoms with Crippen LogP contribution in [0.3, 0.4) is 0 Å². The van der Waals surface area contributed by atoms with Crippen LogP contribution in [0.1, 0.15) is 61.7 Å². The quantitative estimate of drug-likeness (QED) is 0.859. The van der Waals surface area contributed by atoms with Crippen molar-refractivity contribution in [3.8, 4) is 0 Å². The first kappa shape index (κ1) is 14.4. The summed E-state index contributed by atoms with van der Waals surface area (Å²) < 4.78 is 0. The molecule has 0 aromatic heterocycles. The number of nitrogens with one attached hydrogen (secondary N) is 1. The molecule has 3 heteroatoms. The fourth-order valence-electron chi connectivity index (χ4n) is 3.49. The minimum atomic E-state index is 0.0925. The highest BCUT2D eigenvalue weighted by Crippen LogP contribution is 2.21. The Labute approximate surface area is 127 Å². The zero-order valence-corrected chi connectivity index (χ0v) is 12.8. The molecule has 1 aliphatic carbocycles. The molecule has 0 spiro atoms. The minimum absolute atomic E-state index is 0.0925. The van der Waals surface area contributed by atoms with Crippen molar-refractivity contribution in [2.75, 3.05) is 18.0 Å². The summed E-state index contributed by atoms with van der Waals surface area (Å²) in [5.74, 6) is 0.0925. The van der Waals surface area contributed by atoms with Crippen molar-refractivity contribution >= 4 is 11.6 Å². The van der Waals surface area contributed by atoms with Crippen molar-refractivity contribution in [3.05, 3.63) is 29.8 Å². The van der Waals surface area contributed by atoms with Gasteiger partial charge in [0, 0.05) is 30.4 Å². The first-order valence-electron chi connectivity index (χ1n) is 8.49. The van der Waals surface area contributed by atoms with Gasteiger partial charge in [-0.3, -0.25) is 4.79 Å². The summed E-state index contributed by atoms with van der Waals surface area (Å²) >= 11 is 0. The van der Waals surface area contributed by atoms with Crippen LogP contribution in [0.2, 0.25) is 0 Å². The molecule has 21 heavy (non-hydrogen) atoms. The van der Waals surface area contributed by atoms with Crippen LogP contribution in [0.25, 0.3) is 0 Å². The van der Waals surface area contributed by atoms with Gasteiger partial charge in [0.1, 0.15) is 0 Å². The van der Waals surface area contributed by atoms with E-state index < -0.39 is 0 Å². The number of carbonyl (C=O) groups excluding carboxylic acids is 1. The van der Waals surface area contributed by atoms with Crippen molar-refractivity contribution in [2.24, 2.45) is 0 Å². The Bertz CT molecular complexity index is 455. The number of anilines is 1. The van der Waals surface area contributed by atoms with E-state index in [1.807, 2.05) is 12.1 Å². The largest absolute Gasteiger partial charge is 0.372 e. The van der Waals surface area contributed by atoms with E-state index in [0.717, 1.165) is 31.5 Å². The van der Waals surface area contributed by atoms with Crippen LogP contribution >= 0.6 is 0 Å². The normalized spacial score (nSPS) is 20.3. The molecule has 3 rings (SSSR count). The molecule has 1 N–H and O–H groups in total. The highest BCUT2D eigenvalue weighted by atomic mass is 16.1. The molecular formula is C18H26N2O. The standard InChI is InChI=1S/C18H26N2O/c21-18(19-16-7-3-1-2-4-8-16)15-9-11-17(12-10-15)20-13-5-6-14-20/h9-12,16H,1-8,13-14H2,(H,19,21). The first-order chi connectivity index (χ1) is 10.3. The lowest BCUT2D eigenvalue weighted by Crippen LogP contribution is -2.34. The lowest BCUT2D eigenvalue weighted by Gasteiger charge is -2.19. The molecule has 2 fully saturated rings. The van der Waals surface area contributed by atoms with E-state index in [9.17, 15) is 4.79 Å². The third-order valence-electron chi connectivity index (χ3n) is 4.79. The summed E-state index contributed by atoms with van der Waals surface area (Å²) in [5, 5.41) is 3.21. The summed E-state index contributed by atoms with van der Waals surface area (Å²) in [6.07, 6.45) is 9.97. The van der Waals surface area contributed by atoms with Gasteiger partial charge >= 0.3 is 0 Å². The van der Waals surface area contributed by atoms with E-state index in [0.29, 0.717) is 6.04 Å². The maximum atomic E-state index is 12.3. The van der Waals surface area contributed by atoms with Gasteiger partial charge in [-0.1, -0.05) is 25.7 Å². The van der Waals surface area contributed by atoms with E-state index in [2.05, 4.69) is 22.3 Å². The highest BCUT2D eigenvalue weighted by molar-refractivity contribution is 5.94. The molecule has 1 aromatic rings. The first-order valence-corrected chi connectivity index (χ1v) is 8.49. The third kappa shape index (κ3) is 3.78. The van der Waals surface area contributed by atoms with Crippen LogP contribution in [-0.4, -0.2) is 25.0 Å². The van der Waals surface area contributed by atoms with Crippen molar-refractivity contribution < 1.29 is 4.79 Å². The number of benzene rings is 1. The summed E-state index contributed by atoms with van der Waals surface area (Å²) in [4.78, 5) is 14.7. The number of nitrogens with zero attached hydrogens (tertiary/aromatic N) is 1. The molecule has 1 aromatic carbocycles. The molecule has 0 bridgehead atoms. The van der Waals surface area contributed by atoms with Crippen molar-refractivity contribution in [3.63, 3.8) is 0 Å². The van der Waals surface area contributed by atoms with Crippen LogP contribution in [0, 0.1) is 0 Å². The second-order valence-corrected chi connectivity index (χ2v) is 6.40. The Morgan fingerprint density at radius 2 is 1.52 bits per heavy atom. The van der Waals surface area contributed by atoms with Crippen LogP contribution < -0.4 is 10.2 Å². The minimum Gasteiger partial charge on any atom is -0.372 e. The summed E-state index contributed by atoms with van der Waals surface area (Å²) in [7, 11) is 0. The van der Waals surface area contributed by atoms with Gasteiger partial charge in [0.05, 0.1) is 0 Å². The molecule has 1 heterocycles. The van der Waals surface area contributed by atoms with Gasteiger partial charge in [0.2, 0.25) is 0 Å². The van der Waals surface area contributed by atoms with Gasteiger partial charge in [-0.25, -0.2) is 0 Å². The average molecular weight is 286 g/mol. The highest BCUT2D eigenvalue weighted by Gasteiger charge is 2.16. The summed E-state index contributed by atoms with van der Waals surface area (Å²) in [6.45, 7) is 2.29. The fourth-order valence-corrected chi connectivity index (χ4v) is 3.49. The molecule has 1 saturated heterocycles. The zero-order chi connectivity index (χ0) is 14.5. The van der Waals surface area contributed by atoms with Gasteiger partial charge in [0.25, 0.3) is 5.91 Å². The van der Waals surface area contributed by atoms with Crippen LogP contribution in [-0.2, 0) is 0 Å². The Kier molecular flexibility index (Phi) is 4.79. The van der Waals surface area contributed by atoms with Gasteiger partial charge in [0.15, 0.2) is 0 Å². The molecule has 3 nitrogen and oxygen atoms in total. The van der Waals surface area contributed by atoms with Crippen LogP contribution in [0.4, 0.5) is 5.69 Å². The number of amides is 1. The number of hydrogen-bond acceptors (Lipinski definition) is 2. The van der Waals surface area contributed by atoms with E-state index in [1.54, 1.807) is 0 Å². The Morgan fingerprint density at radius 3 is 2.14 bits per heavy atom. The third-order valence-corrected chi connectivity index (χ3v) is 4.79. The molecule has 0 atom stereocenters. The monoisotopic (exact) mass is 286 g/mol. The summed E-state index contributed by atoms with van der Waals surface area (Å²) in [5.41, 5.74) is 2.04. The van der Waals surface area contributed by atoms with Gasteiger partial charge in [-0.2, -0.15) is 0 Å². The average Bonchev–Trinajstić information content (AvgIpc) is 2.93. The van der Waals surface area contributed by atoms with Crippen molar-refractivity contribution in [1.29, 1.82) is 0 Å². The summed E-state index contributed by atoms with van der Waals surface area (Å²) in [6, 6.07) is 8.50. The zero-order valence-electron chi connectivity index (χ0n) is 12.8. The number of rotatable bonds is 3. The maximum Gasteiger partial charge on any atom is 0.251 e. The van der Waals surface area contributed by atoms with E-state index in [4.69, 9.17) is 0 Å². The van der Waals surface area contributed by atoms with Gasteiger partial charge < -0.3 is 10.2 Å². The van der Waals surface area contributed by atoms with Crippen LogP contribution in [0.15, 0.2) is 24.3 Å². The predicted molar refractivity (Wildman–Crippen MR) is 86.8 cm³/mol. The molecule has 2 aliphatic rings. The second-order valence-electron chi connectivity index (χ2n) is 6.40. The molecule has 1 saturated carbocycles. The predicted octanol–water partition coefficient (Wildman–Crippen LogP) is 3.74. The van der Waals surface area contributed by atoms with E-state index in [-0.39, 0.29) is 5.91 Å². The molecule has 0 unspecified atom stereocenters. The molecule has 114 valence electrons. The number of hydrogen-bond donors (Lipinski definition) is 1. The van der Waals surface area contributed by atoms with Gasteiger partial charge in [-0.15, -0.1) is 0 Å². The van der Waals surface area contributed by atoms with E-state index >= 15 is 0 Å². The lowest BCUT2D eigenvalue weighted by molar-refractivity contribution is 0.0933. The second kappa shape index (κ2) is 6.97. The molecular weight excluding hydrogens is 260 g/mol. The van der Waals surface area contributed by atoms with Crippen molar-refractivity contribution in [1.82, 2.24) is 5.32 Å². The smallest absolute Gasteiger partial charge is 0.251 e. The topological polar surface area (TPSA) is 32.3 Å². The fraction of sp³-hybridized carbons (Fsp3) is 0.611. The Morgan fingerprint density at radius 1 is 0.905 bits per heavy atom. The van der Waals surface area contributed by atoms with E-state index in [1.165, 1.54) is 44.2 Å². The number of carbonyl (C=O) groups is 1. The molecule has 1 aliphatic heterocycles. The Balaban J connectivity index is 1.58. The maximum absolute atomic E-state index is 12.3. The molecule has 0 radical (unpaired) electrons. The SMILES string of the molecule is O=C(NC1CCCCCC1)c1ccc(N2CCCC2)cc1. The van der Waals surface area contributed by atoms with Crippen LogP contribution in [0.5, 0.6) is 0 Å². The van der Waals surface area contributed by atoms with Crippen molar-refractivity contribution in [2.45, 2.75) is 57.4 Å².